The van der Waals surface area contributed by atoms with E-state index < -0.39 is 24.2 Å². The number of alkyl halides is 2. The number of benzene rings is 1. The average molecular weight is 300 g/mol. The van der Waals surface area contributed by atoms with Crippen molar-refractivity contribution in [2.45, 2.75) is 24.5 Å². The molecule has 0 aliphatic carbocycles. The lowest BCUT2D eigenvalue weighted by molar-refractivity contribution is -0.115. The summed E-state index contributed by atoms with van der Waals surface area (Å²) in [5.41, 5.74) is -1.05. The zero-order valence-corrected chi connectivity index (χ0v) is 11.4. The molecule has 0 aromatic heterocycles. The summed E-state index contributed by atoms with van der Waals surface area (Å²) in [4.78, 5) is 11.8. The largest absolute Gasteiger partial charge is 0.445 e. The predicted molar refractivity (Wildman–Crippen MR) is 72.0 cm³/mol. The van der Waals surface area contributed by atoms with E-state index in [9.17, 15) is 13.6 Å². The maximum absolute atomic E-state index is 13.9. The number of nitrogens with one attached hydrogen (secondary N) is 2. The van der Waals surface area contributed by atoms with Crippen LogP contribution in [0.5, 0.6) is 0 Å². The van der Waals surface area contributed by atoms with Crippen molar-refractivity contribution < 1.29 is 23.4 Å². The quantitative estimate of drug-likeness (QED) is 0.766. The molecule has 2 rings (SSSR count). The molecule has 7 heteroatoms. The number of hydrogen-bond donors (Lipinski definition) is 3. The van der Waals surface area contributed by atoms with Crippen molar-refractivity contribution in [2.24, 2.45) is 0 Å². The van der Waals surface area contributed by atoms with Crippen LogP contribution in [0.15, 0.2) is 30.3 Å². The third kappa shape index (κ3) is 3.48. The molecular weight excluding hydrogens is 282 g/mol. The molecule has 1 saturated heterocycles. The van der Waals surface area contributed by atoms with Crippen LogP contribution in [0.3, 0.4) is 0 Å². The maximum atomic E-state index is 13.9. The summed E-state index contributed by atoms with van der Waals surface area (Å²) in [6, 6.07) is 8.94. The molecule has 1 aromatic rings. The van der Waals surface area contributed by atoms with E-state index in [1.54, 1.807) is 24.3 Å². The highest BCUT2D eigenvalue weighted by Gasteiger charge is 2.56. The first-order valence-electron chi connectivity index (χ1n) is 6.67. The van der Waals surface area contributed by atoms with Gasteiger partial charge in [0.2, 0.25) is 0 Å². The second kappa shape index (κ2) is 6.36. The molecule has 1 heterocycles. The average Bonchev–Trinajstić information content (AvgIpc) is 2.96. The minimum absolute atomic E-state index is 0.000871. The van der Waals surface area contributed by atoms with Gasteiger partial charge in [-0.05, 0) is 18.5 Å². The van der Waals surface area contributed by atoms with Crippen molar-refractivity contribution in [3.05, 3.63) is 35.9 Å². The molecule has 1 aliphatic heterocycles. The van der Waals surface area contributed by atoms with Crippen LogP contribution in [0.2, 0.25) is 0 Å². The molecule has 3 N–H and O–H groups in total. The smallest absolute Gasteiger partial charge is 0.408 e. The zero-order chi connectivity index (χ0) is 15.3. The number of amides is 1. The molecule has 1 fully saturated rings. The van der Waals surface area contributed by atoms with Crippen molar-refractivity contribution in [3.63, 3.8) is 0 Å². The molecule has 1 aromatic carbocycles. The van der Waals surface area contributed by atoms with Crippen molar-refractivity contribution in [2.75, 3.05) is 19.7 Å². The molecule has 1 aliphatic rings. The zero-order valence-electron chi connectivity index (χ0n) is 11.4. The van der Waals surface area contributed by atoms with Crippen LogP contribution in [-0.2, 0) is 11.3 Å². The van der Waals surface area contributed by atoms with Gasteiger partial charge in [0.05, 0.1) is 0 Å². The molecular formula is C14H18F2N2O3. The fourth-order valence-electron chi connectivity index (χ4n) is 2.31. The number of carbonyl (C=O) groups is 1. The molecule has 0 saturated carbocycles. The van der Waals surface area contributed by atoms with E-state index in [0.717, 1.165) is 5.56 Å². The van der Waals surface area contributed by atoms with Crippen LogP contribution in [0.25, 0.3) is 0 Å². The highest BCUT2D eigenvalue weighted by atomic mass is 19.3. The minimum Gasteiger partial charge on any atom is -0.445 e. The number of rotatable bonds is 5. The van der Waals surface area contributed by atoms with E-state index in [1.807, 2.05) is 6.07 Å². The molecule has 1 atom stereocenters. The normalized spacial score (nSPS) is 22.0. The van der Waals surface area contributed by atoms with Crippen LogP contribution in [0.4, 0.5) is 13.6 Å². The Bertz CT molecular complexity index is 476. The van der Waals surface area contributed by atoms with Gasteiger partial charge in [0.15, 0.2) is 0 Å². The highest BCUT2D eigenvalue weighted by molar-refractivity contribution is 5.68. The van der Waals surface area contributed by atoms with Gasteiger partial charge in [-0.2, -0.15) is 0 Å². The molecule has 116 valence electrons. The fourth-order valence-corrected chi connectivity index (χ4v) is 2.31. The van der Waals surface area contributed by atoms with E-state index in [1.165, 1.54) is 0 Å². The standard InChI is InChI=1S/C14H18F2N2O3/c15-14(16,10-19)13(6-7-17-9-13)18-12(20)21-8-11-4-2-1-3-5-11/h1-5,17,19H,6-10H2,(H,18,20). The van der Waals surface area contributed by atoms with Crippen molar-refractivity contribution in [1.29, 1.82) is 0 Å². The SMILES string of the molecule is O=C(NC1(C(F)(F)CO)CCNC1)OCc1ccccc1. The molecule has 1 unspecified atom stereocenters. The first kappa shape index (κ1) is 15.7. The first-order valence-corrected chi connectivity index (χ1v) is 6.67. The third-order valence-corrected chi connectivity index (χ3v) is 3.61. The first-order chi connectivity index (χ1) is 9.99. The van der Waals surface area contributed by atoms with E-state index in [0.29, 0.717) is 6.54 Å². The topological polar surface area (TPSA) is 70.6 Å². The van der Waals surface area contributed by atoms with Gasteiger partial charge in [-0.1, -0.05) is 30.3 Å². The van der Waals surface area contributed by atoms with Crippen LogP contribution >= 0.6 is 0 Å². The third-order valence-electron chi connectivity index (χ3n) is 3.61. The Morgan fingerprint density at radius 1 is 1.43 bits per heavy atom. The van der Waals surface area contributed by atoms with Crippen molar-refractivity contribution in [3.8, 4) is 0 Å². The molecule has 0 radical (unpaired) electrons. The van der Waals surface area contributed by atoms with Gasteiger partial charge in [0, 0.05) is 6.54 Å². The van der Waals surface area contributed by atoms with Crippen molar-refractivity contribution >= 4 is 6.09 Å². The number of hydrogen-bond acceptors (Lipinski definition) is 4. The molecule has 0 bridgehead atoms. The van der Waals surface area contributed by atoms with E-state index >= 15 is 0 Å². The van der Waals surface area contributed by atoms with Crippen molar-refractivity contribution in [1.82, 2.24) is 10.6 Å². The number of halogens is 2. The Labute approximate surface area is 121 Å². The number of alkyl carbamates (subject to hydrolysis) is 1. The van der Waals surface area contributed by atoms with Gasteiger partial charge in [0.1, 0.15) is 18.8 Å². The highest BCUT2D eigenvalue weighted by Crippen LogP contribution is 2.33. The second-order valence-corrected chi connectivity index (χ2v) is 5.06. The van der Waals surface area contributed by atoms with E-state index in [4.69, 9.17) is 9.84 Å². The van der Waals surface area contributed by atoms with Gasteiger partial charge in [0.25, 0.3) is 5.92 Å². The lowest BCUT2D eigenvalue weighted by Gasteiger charge is -2.35. The molecule has 1 amide bonds. The Morgan fingerprint density at radius 2 is 2.14 bits per heavy atom. The molecule has 0 spiro atoms. The summed E-state index contributed by atoms with van der Waals surface area (Å²) < 4.78 is 32.7. The molecule has 5 nitrogen and oxygen atoms in total. The second-order valence-electron chi connectivity index (χ2n) is 5.06. The predicted octanol–water partition coefficient (Wildman–Crippen LogP) is 1.27. The van der Waals surface area contributed by atoms with Gasteiger partial charge in [-0.25, -0.2) is 13.6 Å². The number of aliphatic hydroxyl groups excluding tert-OH is 1. The number of aliphatic hydroxyl groups is 1. The number of ether oxygens (including phenoxy) is 1. The summed E-state index contributed by atoms with van der Waals surface area (Å²) in [5.74, 6) is -3.41. The fraction of sp³-hybridized carbons (Fsp3) is 0.500. The van der Waals surface area contributed by atoms with Crippen LogP contribution in [0.1, 0.15) is 12.0 Å². The lowest BCUT2D eigenvalue weighted by Crippen LogP contribution is -2.63. The Morgan fingerprint density at radius 3 is 2.71 bits per heavy atom. The Balaban J connectivity index is 1.96. The summed E-state index contributed by atoms with van der Waals surface area (Å²) in [6.45, 7) is -1.09. The van der Waals surface area contributed by atoms with Gasteiger partial charge < -0.3 is 20.5 Å². The summed E-state index contributed by atoms with van der Waals surface area (Å²) in [6.07, 6.45) is -0.892. The van der Waals surface area contributed by atoms with Gasteiger partial charge in [-0.3, -0.25) is 0 Å². The monoisotopic (exact) mass is 300 g/mol. The summed E-state index contributed by atoms with van der Waals surface area (Å²) in [7, 11) is 0. The van der Waals surface area contributed by atoms with Crippen LogP contribution in [0, 0.1) is 0 Å². The summed E-state index contributed by atoms with van der Waals surface area (Å²) in [5, 5.41) is 13.9. The summed E-state index contributed by atoms with van der Waals surface area (Å²) >= 11 is 0. The van der Waals surface area contributed by atoms with Gasteiger partial charge >= 0.3 is 6.09 Å². The minimum atomic E-state index is -3.41. The Hall–Kier alpha value is -1.73. The van der Waals surface area contributed by atoms with E-state index in [2.05, 4.69) is 10.6 Å². The van der Waals surface area contributed by atoms with Crippen LogP contribution in [-0.4, -0.2) is 42.4 Å². The van der Waals surface area contributed by atoms with Gasteiger partial charge in [-0.15, -0.1) is 0 Å². The Kier molecular flexibility index (Phi) is 4.74. The van der Waals surface area contributed by atoms with E-state index in [-0.39, 0.29) is 19.6 Å². The lowest BCUT2D eigenvalue weighted by atomic mass is 9.90. The maximum Gasteiger partial charge on any atom is 0.408 e. The van der Waals surface area contributed by atoms with Crippen LogP contribution < -0.4 is 10.6 Å². The number of carbonyl (C=O) groups excluding carboxylic acids is 1. The molecule has 21 heavy (non-hydrogen) atoms.